The number of nitro groups is 1. The number of ether oxygens (including phenoxy) is 2. The summed E-state index contributed by atoms with van der Waals surface area (Å²) in [6.07, 6.45) is 2.09. The molecule has 0 heterocycles. The number of hydrogen-bond donors (Lipinski definition) is 1. The molecule has 0 unspecified atom stereocenters. The second-order valence-corrected chi connectivity index (χ2v) is 5.02. The van der Waals surface area contributed by atoms with Crippen LogP contribution in [0.2, 0.25) is 0 Å². The number of alkyl carbamates (subject to hydrolysis) is 1. The van der Waals surface area contributed by atoms with Gasteiger partial charge in [-0.05, 0) is 0 Å². The fraction of sp³-hybridized carbons (Fsp3) is 0.417. The standard InChI is InChI=1S/C12H15N2O6.V/c1-8(10(15)19-5)6-9(14(17)18)7-13-11(16)20-12(2,3)4;/h1,6H,2-5H3,(H,13,16);/q-1;/b8-6+;. The van der Waals surface area contributed by atoms with Crippen LogP contribution in [0.3, 0.4) is 0 Å². The Morgan fingerprint density at radius 2 is 1.95 bits per heavy atom. The van der Waals surface area contributed by atoms with Gasteiger partial charge in [0, 0.05) is 0 Å². The van der Waals surface area contributed by atoms with Gasteiger partial charge in [-0.1, -0.05) is 0 Å². The Labute approximate surface area is 130 Å². The normalized spacial score (nSPS) is 12.3. The first-order chi connectivity index (χ1) is 9.60. The summed E-state index contributed by atoms with van der Waals surface area (Å²) in [6, 6.07) is 0. The first kappa shape index (κ1) is 19.1. The van der Waals surface area contributed by atoms with Crippen LogP contribution in [-0.4, -0.2) is 34.4 Å². The molecule has 0 spiro atoms. The van der Waals surface area contributed by atoms with Crippen LogP contribution >= 0.6 is 0 Å². The number of hydrogen-bond acceptors (Lipinski definition) is 6. The summed E-state index contributed by atoms with van der Waals surface area (Å²) in [5.41, 5.74) is -1.44. The Balaban J connectivity index is 5.16. The number of nitrogens with one attached hydrogen (secondary N) is 1. The van der Waals surface area contributed by atoms with Crippen LogP contribution in [0.5, 0.6) is 0 Å². The van der Waals surface area contributed by atoms with Crippen molar-refractivity contribution in [1.82, 2.24) is 5.32 Å². The Morgan fingerprint density at radius 1 is 1.38 bits per heavy atom. The zero-order valence-corrected chi connectivity index (χ0v) is 13.4. The third kappa shape index (κ3) is 8.06. The molecular weight excluding hydrogens is 319 g/mol. The zero-order valence-electron chi connectivity index (χ0n) is 12.0. The molecule has 0 saturated carbocycles. The molecular formula is C12H15N2O6V-. The van der Waals surface area contributed by atoms with Crippen LogP contribution in [0.15, 0.2) is 17.3 Å². The number of carbonyl (C=O) groups is 2. The Bertz CT molecular complexity index is 504. The van der Waals surface area contributed by atoms with Gasteiger partial charge in [-0.3, -0.25) is 0 Å². The van der Waals surface area contributed by atoms with E-state index in [-0.39, 0.29) is 5.57 Å². The van der Waals surface area contributed by atoms with E-state index in [0.29, 0.717) is 0 Å². The summed E-state index contributed by atoms with van der Waals surface area (Å²) in [6.45, 7) is 4.93. The first-order valence-corrected chi connectivity index (χ1v) is 6.45. The molecule has 1 amide bonds. The molecule has 115 valence electrons. The molecule has 0 rings (SSSR count). The van der Waals surface area contributed by atoms with Crippen molar-refractivity contribution in [3.05, 3.63) is 33.7 Å². The predicted octanol–water partition coefficient (Wildman–Crippen LogP) is 0.881. The summed E-state index contributed by atoms with van der Waals surface area (Å²) in [5, 5.41) is 12.9. The number of carbonyl (C=O) groups excluding carboxylic acids is 2. The average Bonchev–Trinajstić information content (AvgIpc) is 2.35. The minimum absolute atomic E-state index is 0.0670. The minimum atomic E-state index is -0.897. The average molecular weight is 334 g/mol. The summed E-state index contributed by atoms with van der Waals surface area (Å²) in [7, 11) is 1.14. The molecule has 1 N–H and O–H groups in total. The number of nitrogens with zero attached hydrogens (tertiary/aromatic N) is 1. The first-order valence-electron chi connectivity index (χ1n) is 5.64. The number of rotatable bonds is 5. The van der Waals surface area contributed by atoms with E-state index in [4.69, 9.17) is 4.74 Å². The van der Waals surface area contributed by atoms with Crippen LogP contribution in [-0.2, 0) is 31.2 Å². The van der Waals surface area contributed by atoms with Crippen LogP contribution in [0.1, 0.15) is 20.8 Å². The quantitative estimate of drug-likeness (QED) is 0.152. The van der Waals surface area contributed by atoms with E-state index in [2.05, 4.69) is 10.9 Å². The van der Waals surface area contributed by atoms with Crippen molar-refractivity contribution in [2.45, 2.75) is 26.4 Å². The molecule has 9 heteroatoms. The molecule has 0 aliphatic heterocycles. The number of allylic oxidation sites excluding steroid dienone is 1. The van der Waals surface area contributed by atoms with Crippen molar-refractivity contribution in [2.24, 2.45) is 0 Å². The molecule has 0 bridgehead atoms. The van der Waals surface area contributed by atoms with E-state index in [9.17, 15) is 19.7 Å². The molecule has 21 heavy (non-hydrogen) atoms. The van der Waals surface area contributed by atoms with Crippen molar-refractivity contribution in [3.63, 3.8) is 0 Å². The van der Waals surface area contributed by atoms with Gasteiger partial charge < -0.3 is 0 Å². The van der Waals surface area contributed by atoms with Gasteiger partial charge in [-0.25, -0.2) is 0 Å². The third-order valence-corrected chi connectivity index (χ3v) is 2.17. The maximum absolute atomic E-state index is 11.4. The van der Waals surface area contributed by atoms with Gasteiger partial charge in [0.1, 0.15) is 0 Å². The molecule has 0 radical (unpaired) electrons. The fourth-order valence-corrected chi connectivity index (χ4v) is 1.25. The second-order valence-electron chi connectivity index (χ2n) is 4.61. The van der Waals surface area contributed by atoms with Crippen molar-refractivity contribution in [2.75, 3.05) is 7.11 Å². The summed E-state index contributed by atoms with van der Waals surface area (Å²) < 4.78 is 10.6. The van der Waals surface area contributed by atoms with Crippen molar-refractivity contribution >= 4 is 16.8 Å². The maximum atomic E-state index is 11.4. The van der Waals surface area contributed by atoms with Crippen molar-refractivity contribution in [3.8, 4) is 0 Å². The Morgan fingerprint density at radius 3 is 2.33 bits per heavy atom. The van der Waals surface area contributed by atoms with Gasteiger partial charge in [0.05, 0.1) is 0 Å². The molecule has 0 aromatic carbocycles. The molecule has 0 aromatic rings. The molecule has 0 aliphatic carbocycles. The number of amides is 1. The molecule has 0 saturated heterocycles. The number of esters is 1. The van der Waals surface area contributed by atoms with Gasteiger partial charge in [-0.15, -0.1) is 0 Å². The van der Waals surface area contributed by atoms with E-state index < -0.39 is 28.3 Å². The summed E-state index contributed by atoms with van der Waals surface area (Å²) >= 11 is 1.97. The summed E-state index contributed by atoms with van der Waals surface area (Å²) in [5.74, 6) is -0.756. The molecule has 0 fully saturated rings. The van der Waals surface area contributed by atoms with E-state index in [0.717, 1.165) is 13.2 Å². The monoisotopic (exact) mass is 334 g/mol. The van der Waals surface area contributed by atoms with E-state index >= 15 is 0 Å². The van der Waals surface area contributed by atoms with Crippen molar-refractivity contribution in [1.29, 1.82) is 0 Å². The van der Waals surface area contributed by atoms with Crippen molar-refractivity contribution < 1.29 is 41.0 Å². The van der Waals surface area contributed by atoms with Crippen LogP contribution in [0, 0.1) is 16.3 Å². The van der Waals surface area contributed by atoms with Crippen LogP contribution in [0.4, 0.5) is 4.79 Å². The van der Waals surface area contributed by atoms with Gasteiger partial charge in [0.2, 0.25) is 0 Å². The van der Waals surface area contributed by atoms with Gasteiger partial charge in [0.25, 0.3) is 0 Å². The zero-order chi connectivity index (χ0) is 16.6. The summed E-state index contributed by atoms with van der Waals surface area (Å²) in [4.78, 5) is 32.7. The van der Waals surface area contributed by atoms with E-state index in [1.807, 2.05) is 22.3 Å². The van der Waals surface area contributed by atoms with Gasteiger partial charge >= 0.3 is 130 Å². The van der Waals surface area contributed by atoms with Crippen LogP contribution in [0.25, 0.3) is 0 Å². The topological polar surface area (TPSA) is 108 Å². The Kier molecular flexibility index (Phi) is 7.61. The van der Waals surface area contributed by atoms with E-state index in [1.54, 1.807) is 20.8 Å². The van der Waals surface area contributed by atoms with Gasteiger partial charge in [-0.2, -0.15) is 0 Å². The Hall–Kier alpha value is -1.93. The molecule has 0 aliphatic rings. The SMILES string of the molecule is COC(=O)/C([CH]=[V])=C/C(=[C-]NC(=O)OC(C)(C)C)[N+](=O)[O-]. The third-order valence-electron chi connectivity index (χ3n) is 1.74. The predicted molar refractivity (Wildman–Crippen MR) is 69.3 cm³/mol. The second kappa shape index (κ2) is 8.38. The number of methoxy groups -OCH3 is 1. The fourth-order valence-electron chi connectivity index (χ4n) is 0.967. The van der Waals surface area contributed by atoms with Crippen LogP contribution < -0.4 is 5.32 Å². The molecule has 8 nitrogen and oxygen atoms in total. The van der Waals surface area contributed by atoms with E-state index in [1.165, 1.54) is 4.73 Å². The van der Waals surface area contributed by atoms with Gasteiger partial charge in [0.15, 0.2) is 0 Å². The molecule has 0 atom stereocenters. The molecule has 0 aromatic heterocycles.